The second-order valence-corrected chi connectivity index (χ2v) is 11.9. The first-order valence-corrected chi connectivity index (χ1v) is 16.0. The number of fused-ring (bicyclic) bond motifs is 1. The zero-order valence-corrected chi connectivity index (χ0v) is 26.9. The third-order valence-corrected chi connectivity index (χ3v) is 8.90. The number of carbonyl (C=O) groups is 1. The van der Waals surface area contributed by atoms with Crippen LogP contribution in [0.3, 0.4) is 0 Å². The molecule has 1 aromatic heterocycles. The molecule has 3 aromatic carbocycles. The molecule has 2 saturated heterocycles. The summed E-state index contributed by atoms with van der Waals surface area (Å²) < 4.78 is 29.1. The summed E-state index contributed by atoms with van der Waals surface area (Å²) >= 11 is 0. The lowest BCUT2D eigenvalue weighted by Crippen LogP contribution is -2.45. The van der Waals surface area contributed by atoms with Gasteiger partial charge in [-0.25, -0.2) is 4.98 Å². The van der Waals surface area contributed by atoms with Gasteiger partial charge in [0, 0.05) is 61.5 Å². The van der Waals surface area contributed by atoms with Gasteiger partial charge in [-0.1, -0.05) is 24.3 Å². The molecule has 1 atom stereocenters. The molecule has 0 bridgehead atoms. The minimum absolute atomic E-state index is 0.00572. The Morgan fingerprint density at radius 2 is 1.81 bits per heavy atom. The van der Waals surface area contributed by atoms with Crippen molar-refractivity contribution in [2.45, 2.75) is 32.4 Å². The fourth-order valence-corrected chi connectivity index (χ4v) is 6.38. The highest BCUT2D eigenvalue weighted by Gasteiger charge is 2.27. The number of benzene rings is 3. The Kier molecular flexibility index (Phi) is 10.3. The highest BCUT2D eigenvalue weighted by atomic mass is 16.5. The minimum atomic E-state index is -0.854. The van der Waals surface area contributed by atoms with Crippen molar-refractivity contribution >= 4 is 17.1 Å². The summed E-state index contributed by atoms with van der Waals surface area (Å²) in [6.45, 7) is 8.91. The van der Waals surface area contributed by atoms with Crippen LogP contribution in [0.5, 0.6) is 11.5 Å². The van der Waals surface area contributed by atoms with Crippen molar-refractivity contribution in [1.29, 1.82) is 5.26 Å². The average Bonchev–Trinajstić information content (AvgIpc) is 3.50. The van der Waals surface area contributed by atoms with Gasteiger partial charge in [0.15, 0.2) is 5.58 Å². The van der Waals surface area contributed by atoms with E-state index in [0.717, 1.165) is 67.1 Å². The van der Waals surface area contributed by atoms with E-state index < -0.39 is 5.97 Å². The van der Waals surface area contributed by atoms with Gasteiger partial charge in [-0.05, 0) is 42.7 Å². The van der Waals surface area contributed by atoms with E-state index in [1.165, 1.54) is 0 Å². The number of hydrogen-bond donors (Lipinski definition) is 1. The molecule has 11 heteroatoms. The predicted octanol–water partition coefficient (Wildman–Crippen LogP) is 5.13. The smallest absolute Gasteiger partial charge is 0.305 e. The Bertz CT molecular complexity index is 1760. The average molecular weight is 641 g/mol. The maximum absolute atomic E-state index is 11.4. The monoisotopic (exact) mass is 640 g/mol. The molecule has 246 valence electrons. The molecule has 4 aromatic rings. The minimum Gasteiger partial charge on any atom is -0.496 e. The molecule has 3 heterocycles. The Morgan fingerprint density at radius 1 is 1.04 bits per heavy atom. The first-order valence-electron chi connectivity index (χ1n) is 16.0. The number of nitrogens with zero attached hydrogens (tertiary/aromatic N) is 4. The van der Waals surface area contributed by atoms with Crippen LogP contribution >= 0.6 is 0 Å². The lowest BCUT2D eigenvalue weighted by atomic mass is 9.93. The van der Waals surface area contributed by atoms with Crippen LogP contribution in [0, 0.1) is 18.3 Å². The van der Waals surface area contributed by atoms with Gasteiger partial charge in [-0.15, -0.1) is 0 Å². The van der Waals surface area contributed by atoms with E-state index in [9.17, 15) is 15.2 Å². The molecule has 0 aliphatic carbocycles. The van der Waals surface area contributed by atoms with Crippen LogP contribution in [0.25, 0.3) is 33.7 Å². The highest BCUT2D eigenvalue weighted by molar-refractivity contribution is 5.83. The Morgan fingerprint density at radius 3 is 2.60 bits per heavy atom. The maximum Gasteiger partial charge on any atom is 0.305 e. The normalized spacial score (nSPS) is 17.4. The van der Waals surface area contributed by atoms with Gasteiger partial charge in [0.05, 0.1) is 46.6 Å². The molecule has 11 nitrogen and oxygen atoms in total. The van der Waals surface area contributed by atoms with E-state index >= 15 is 0 Å². The van der Waals surface area contributed by atoms with E-state index in [1.807, 2.05) is 55.5 Å². The summed E-state index contributed by atoms with van der Waals surface area (Å²) in [5.41, 5.74) is 6.08. The third kappa shape index (κ3) is 7.42. The lowest BCUT2D eigenvalue weighted by molar-refractivity contribution is -0.140. The molecule has 47 heavy (non-hydrogen) atoms. The fraction of sp³-hybridized carbons (Fsp3) is 0.417. The molecular weight excluding hydrogens is 600 g/mol. The standard InChI is InChI=1S/C36H40N4O7/c1-24-27(29-8-4-9-32(30(29)21-37)46-14-5-10-39-11-15-44-16-12-39)6-3-7-28(24)36-38-31-18-25(33(43-2)20-34(31)47-36)22-40-13-17-45-23-26(40)19-35(41)42/h3-4,6-9,18,20,26H,5,10-17,19,22-23H2,1-2H3,(H,41,42). The molecule has 0 amide bonds. The number of aliphatic carboxylic acids is 1. The molecular formula is C36H40N4O7. The van der Waals surface area contributed by atoms with Crippen molar-refractivity contribution in [3.63, 3.8) is 0 Å². The Hall–Kier alpha value is -4.47. The van der Waals surface area contributed by atoms with Gasteiger partial charge < -0.3 is 28.5 Å². The van der Waals surface area contributed by atoms with Crippen LogP contribution in [0.2, 0.25) is 0 Å². The summed E-state index contributed by atoms with van der Waals surface area (Å²) in [5, 5.41) is 19.6. The van der Waals surface area contributed by atoms with Crippen LogP contribution in [-0.4, -0.2) is 98.2 Å². The molecule has 2 aliphatic rings. The third-order valence-electron chi connectivity index (χ3n) is 8.90. The number of rotatable bonds is 12. The van der Waals surface area contributed by atoms with E-state index in [0.29, 0.717) is 67.0 Å². The van der Waals surface area contributed by atoms with Crippen LogP contribution < -0.4 is 9.47 Å². The number of carboxylic acid groups (broad SMARTS) is 1. The van der Waals surface area contributed by atoms with Gasteiger partial charge in [-0.2, -0.15) is 5.26 Å². The first-order chi connectivity index (χ1) is 22.9. The fourth-order valence-electron chi connectivity index (χ4n) is 6.38. The molecule has 1 N–H and O–H groups in total. The molecule has 2 aliphatic heterocycles. The van der Waals surface area contributed by atoms with E-state index in [-0.39, 0.29) is 12.5 Å². The molecule has 2 fully saturated rings. The summed E-state index contributed by atoms with van der Waals surface area (Å²) in [4.78, 5) is 20.8. The largest absolute Gasteiger partial charge is 0.496 e. The predicted molar refractivity (Wildman–Crippen MR) is 176 cm³/mol. The summed E-state index contributed by atoms with van der Waals surface area (Å²) in [6.07, 6.45) is 0.870. The van der Waals surface area contributed by atoms with Crippen molar-refractivity contribution in [3.05, 3.63) is 65.2 Å². The highest BCUT2D eigenvalue weighted by Crippen LogP contribution is 2.38. The molecule has 1 unspecified atom stereocenters. The van der Waals surface area contributed by atoms with E-state index in [4.69, 9.17) is 28.3 Å². The SMILES string of the molecule is COc1cc2oc(-c3cccc(-c4cccc(OCCCN5CCOCC5)c4C#N)c3C)nc2cc1CN1CCOCC1CC(=O)O. The Labute approximate surface area is 274 Å². The Balaban J connectivity index is 1.24. The van der Waals surface area contributed by atoms with Crippen molar-refractivity contribution in [2.24, 2.45) is 0 Å². The summed E-state index contributed by atoms with van der Waals surface area (Å²) in [7, 11) is 1.61. The van der Waals surface area contributed by atoms with E-state index in [1.54, 1.807) is 7.11 Å². The van der Waals surface area contributed by atoms with Crippen LogP contribution in [0.1, 0.15) is 29.5 Å². The number of methoxy groups -OCH3 is 1. The second kappa shape index (κ2) is 15.0. The summed E-state index contributed by atoms with van der Waals surface area (Å²) in [6, 6.07) is 17.5. The van der Waals surface area contributed by atoms with Crippen molar-refractivity contribution in [1.82, 2.24) is 14.8 Å². The van der Waals surface area contributed by atoms with Gasteiger partial charge >= 0.3 is 5.97 Å². The number of aromatic nitrogens is 1. The number of hydrogen-bond acceptors (Lipinski definition) is 10. The number of morpholine rings is 2. The topological polar surface area (TPSA) is 131 Å². The number of carboxylic acids is 1. The molecule has 0 saturated carbocycles. The zero-order valence-electron chi connectivity index (χ0n) is 26.9. The number of oxazole rings is 1. The van der Waals surface area contributed by atoms with Crippen LogP contribution in [0.4, 0.5) is 0 Å². The van der Waals surface area contributed by atoms with Crippen LogP contribution in [-0.2, 0) is 20.8 Å². The first kappa shape index (κ1) is 32.5. The van der Waals surface area contributed by atoms with Crippen molar-refractivity contribution in [3.8, 4) is 40.1 Å². The zero-order chi connectivity index (χ0) is 32.8. The van der Waals surface area contributed by atoms with Gasteiger partial charge in [-0.3, -0.25) is 14.6 Å². The maximum atomic E-state index is 11.4. The quantitative estimate of drug-likeness (QED) is 0.207. The molecule has 0 radical (unpaired) electrons. The van der Waals surface area contributed by atoms with Gasteiger partial charge in [0.1, 0.15) is 28.6 Å². The molecule has 6 rings (SSSR count). The number of nitriles is 1. The second-order valence-electron chi connectivity index (χ2n) is 11.9. The van der Waals surface area contributed by atoms with Gasteiger partial charge in [0.25, 0.3) is 0 Å². The molecule has 0 spiro atoms. The van der Waals surface area contributed by atoms with Crippen LogP contribution in [0.15, 0.2) is 52.9 Å². The van der Waals surface area contributed by atoms with Crippen molar-refractivity contribution < 1.29 is 33.3 Å². The summed E-state index contributed by atoms with van der Waals surface area (Å²) in [5.74, 6) is 0.825. The lowest BCUT2D eigenvalue weighted by Gasteiger charge is -2.35. The van der Waals surface area contributed by atoms with E-state index in [2.05, 4.69) is 15.9 Å². The van der Waals surface area contributed by atoms with Crippen molar-refractivity contribution in [2.75, 3.05) is 66.3 Å². The van der Waals surface area contributed by atoms with Gasteiger partial charge in [0.2, 0.25) is 5.89 Å². The number of ether oxygens (including phenoxy) is 4.